The molecule has 1 saturated heterocycles. The minimum absolute atomic E-state index is 0.0310. The molecule has 1 heterocycles. The summed E-state index contributed by atoms with van der Waals surface area (Å²) < 4.78 is 5.69. The molecule has 1 N–H and O–H groups in total. The second-order valence-corrected chi connectivity index (χ2v) is 6.26. The highest BCUT2D eigenvalue weighted by atomic mass is 16.5. The Hall–Kier alpha value is -2.04. The molecule has 2 rings (SSSR count). The summed E-state index contributed by atoms with van der Waals surface area (Å²) in [5, 5.41) is 2.98. The van der Waals surface area contributed by atoms with Crippen LogP contribution in [0.4, 0.5) is 5.69 Å². The number of hydrogen-bond donors (Lipinski definition) is 1. The zero-order chi connectivity index (χ0) is 17.4. The van der Waals surface area contributed by atoms with Crippen molar-refractivity contribution in [3.05, 3.63) is 24.3 Å². The fourth-order valence-corrected chi connectivity index (χ4v) is 2.93. The molecule has 0 aliphatic carbocycles. The molecule has 0 radical (unpaired) electrons. The Morgan fingerprint density at radius 3 is 2.79 bits per heavy atom. The first kappa shape index (κ1) is 18.3. The number of carbonyl (C=O) groups is 2. The normalized spacial score (nSPS) is 17.4. The molecule has 1 aromatic carbocycles. The molecule has 1 aliphatic rings. The SMILES string of the molecule is CCCOc1ccccc1NC(=O)C1CCCN(C(=O)CCC)C1. The van der Waals surface area contributed by atoms with Gasteiger partial charge in [0.25, 0.3) is 0 Å². The third-order valence-corrected chi connectivity index (χ3v) is 4.22. The topological polar surface area (TPSA) is 58.6 Å². The molecule has 1 aromatic rings. The summed E-state index contributed by atoms with van der Waals surface area (Å²) in [6, 6.07) is 7.49. The second-order valence-electron chi connectivity index (χ2n) is 6.26. The maximum Gasteiger partial charge on any atom is 0.229 e. The van der Waals surface area contributed by atoms with Crippen molar-refractivity contribution in [3.8, 4) is 5.75 Å². The van der Waals surface area contributed by atoms with Gasteiger partial charge >= 0.3 is 0 Å². The number of benzene rings is 1. The van der Waals surface area contributed by atoms with Gasteiger partial charge in [-0.15, -0.1) is 0 Å². The molecule has 0 saturated carbocycles. The van der Waals surface area contributed by atoms with Gasteiger partial charge in [-0.1, -0.05) is 26.0 Å². The summed E-state index contributed by atoms with van der Waals surface area (Å²) in [5.74, 6) is 0.666. The standard InChI is InChI=1S/C19H28N2O3/c1-3-8-18(22)21-12-7-9-15(14-21)19(23)20-16-10-5-6-11-17(16)24-13-4-2/h5-6,10-11,15H,3-4,7-9,12-14H2,1-2H3,(H,20,23). The van der Waals surface area contributed by atoms with Gasteiger partial charge in [0, 0.05) is 19.5 Å². The lowest BCUT2D eigenvalue weighted by atomic mass is 9.96. The van der Waals surface area contributed by atoms with E-state index >= 15 is 0 Å². The van der Waals surface area contributed by atoms with Gasteiger partial charge in [-0.25, -0.2) is 0 Å². The number of rotatable bonds is 7. The molecule has 5 nitrogen and oxygen atoms in total. The lowest BCUT2D eigenvalue weighted by Gasteiger charge is -2.32. The molecule has 1 aliphatic heterocycles. The van der Waals surface area contributed by atoms with Crippen molar-refractivity contribution in [1.29, 1.82) is 0 Å². The first-order valence-corrected chi connectivity index (χ1v) is 8.96. The number of amides is 2. The molecular weight excluding hydrogens is 304 g/mol. The summed E-state index contributed by atoms with van der Waals surface area (Å²) in [6.07, 6.45) is 4.01. The molecule has 1 unspecified atom stereocenters. The van der Waals surface area contributed by atoms with Crippen molar-refractivity contribution in [1.82, 2.24) is 4.90 Å². The van der Waals surface area contributed by atoms with Gasteiger partial charge in [0.15, 0.2) is 0 Å². The predicted molar refractivity (Wildman–Crippen MR) is 95.1 cm³/mol. The Labute approximate surface area is 144 Å². The Kier molecular flexibility index (Phi) is 7.09. The van der Waals surface area contributed by atoms with Gasteiger partial charge in [-0.2, -0.15) is 0 Å². The number of likely N-dealkylation sites (tertiary alicyclic amines) is 1. The lowest BCUT2D eigenvalue weighted by molar-refractivity contribution is -0.134. The average Bonchev–Trinajstić information content (AvgIpc) is 2.61. The van der Waals surface area contributed by atoms with E-state index in [1.165, 1.54) is 0 Å². The molecule has 2 amide bonds. The van der Waals surface area contributed by atoms with E-state index in [2.05, 4.69) is 5.32 Å². The number of carbonyl (C=O) groups excluding carboxylic acids is 2. The van der Waals surface area contributed by atoms with Crippen LogP contribution in [-0.2, 0) is 9.59 Å². The van der Waals surface area contributed by atoms with E-state index < -0.39 is 0 Å². The Balaban J connectivity index is 1.98. The fourth-order valence-electron chi connectivity index (χ4n) is 2.93. The van der Waals surface area contributed by atoms with Crippen LogP contribution in [0.1, 0.15) is 46.0 Å². The van der Waals surface area contributed by atoms with Gasteiger partial charge in [0.1, 0.15) is 5.75 Å². The van der Waals surface area contributed by atoms with Crippen LogP contribution < -0.4 is 10.1 Å². The molecule has 1 atom stereocenters. The quantitative estimate of drug-likeness (QED) is 0.832. The first-order valence-electron chi connectivity index (χ1n) is 8.96. The van der Waals surface area contributed by atoms with Gasteiger partial charge in [-0.3, -0.25) is 9.59 Å². The largest absolute Gasteiger partial charge is 0.491 e. The minimum atomic E-state index is -0.154. The first-order chi connectivity index (χ1) is 11.7. The van der Waals surface area contributed by atoms with Crippen molar-refractivity contribution in [2.75, 3.05) is 25.0 Å². The summed E-state index contributed by atoms with van der Waals surface area (Å²) in [7, 11) is 0. The van der Waals surface area contributed by atoms with E-state index in [4.69, 9.17) is 4.74 Å². The molecular formula is C19H28N2O3. The maximum atomic E-state index is 12.6. The van der Waals surface area contributed by atoms with Gasteiger partial charge < -0.3 is 15.0 Å². The van der Waals surface area contributed by atoms with E-state index in [0.29, 0.717) is 31.0 Å². The van der Waals surface area contributed by atoms with Gasteiger partial charge in [0.05, 0.1) is 18.2 Å². The van der Waals surface area contributed by atoms with Crippen molar-refractivity contribution < 1.29 is 14.3 Å². The zero-order valence-corrected chi connectivity index (χ0v) is 14.7. The summed E-state index contributed by atoms with van der Waals surface area (Å²) >= 11 is 0. The van der Waals surface area contributed by atoms with Crippen LogP contribution in [0.2, 0.25) is 0 Å². The third kappa shape index (κ3) is 4.98. The smallest absolute Gasteiger partial charge is 0.229 e. The van der Waals surface area contributed by atoms with Crippen LogP contribution in [0, 0.1) is 5.92 Å². The molecule has 5 heteroatoms. The molecule has 132 valence electrons. The molecule has 1 fully saturated rings. The van der Waals surface area contributed by atoms with E-state index in [1.54, 1.807) is 0 Å². The van der Waals surface area contributed by atoms with Crippen molar-refractivity contribution in [2.24, 2.45) is 5.92 Å². The number of piperidine rings is 1. The number of hydrogen-bond acceptors (Lipinski definition) is 3. The number of ether oxygens (including phenoxy) is 1. The number of anilines is 1. The van der Waals surface area contributed by atoms with E-state index in [-0.39, 0.29) is 17.7 Å². The number of para-hydroxylation sites is 2. The van der Waals surface area contributed by atoms with Crippen molar-refractivity contribution in [2.45, 2.75) is 46.0 Å². The monoisotopic (exact) mass is 332 g/mol. The highest BCUT2D eigenvalue weighted by Crippen LogP contribution is 2.26. The van der Waals surface area contributed by atoms with E-state index in [1.807, 2.05) is 43.0 Å². The highest BCUT2D eigenvalue weighted by molar-refractivity contribution is 5.94. The molecule has 24 heavy (non-hydrogen) atoms. The second kappa shape index (κ2) is 9.30. The van der Waals surface area contributed by atoms with Crippen LogP contribution >= 0.6 is 0 Å². The number of nitrogens with zero attached hydrogens (tertiary/aromatic N) is 1. The maximum absolute atomic E-state index is 12.6. The summed E-state index contributed by atoms with van der Waals surface area (Å²) in [5.41, 5.74) is 0.702. The third-order valence-electron chi connectivity index (χ3n) is 4.22. The molecule has 0 spiro atoms. The van der Waals surface area contributed by atoms with E-state index in [0.717, 1.165) is 32.2 Å². The molecule has 0 aromatic heterocycles. The number of nitrogens with one attached hydrogen (secondary N) is 1. The zero-order valence-electron chi connectivity index (χ0n) is 14.7. The van der Waals surface area contributed by atoms with Crippen LogP contribution in [0.5, 0.6) is 5.75 Å². The highest BCUT2D eigenvalue weighted by Gasteiger charge is 2.28. The Morgan fingerprint density at radius 2 is 2.04 bits per heavy atom. The van der Waals surface area contributed by atoms with Gasteiger partial charge in [0.2, 0.25) is 11.8 Å². The average molecular weight is 332 g/mol. The summed E-state index contributed by atoms with van der Waals surface area (Å²) in [4.78, 5) is 26.5. The van der Waals surface area contributed by atoms with E-state index in [9.17, 15) is 9.59 Å². The lowest BCUT2D eigenvalue weighted by Crippen LogP contribution is -2.43. The van der Waals surface area contributed by atoms with Crippen molar-refractivity contribution >= 4 is 17.5 Å². The molecule has 0 bridgehead atoms. The van der Waals surface area contributed by atoms with Crippen LogP contribution in [-0.4, -0.2) is 36.4 Å². The van der Waals surface area contributed by atoms with Crippen molar-refractivity contribution in [3.63, 3.8) is 0 Å². The summed E-state index contributed by atoms with van der Waals surface area (Å²) in [6.45, 7) is 5.95. The fraction of sp³-hybridized carbons (Fsp3) is 0.579. The van der Waals surface area contributed by atoms with Crippen LogP contribution in [0.25, 0.3) is 0 Å². The van der Waals surface area contributed by atoms with Crippen LogP contribution in [0.3, 0.4) is 0 Å². The van der Waals surface area contributed by atoms with Crippen LogP contribution in [0.15, 0.2) is 24.3 Å². The Bertz CT molecular complexity index is 559. The minimum Gasteiger partial charge on any atom is -0.491 e. The Morgan fingerprint density at radius 1 is 1.25 bits per heavy atom. The predicted octanol–water partition coefficient (Wildman–Crippen LogP) is 3.45. The van der Waals surface area contributed by atoms with Gasteiger partial charge in [-0.05, 0) is 37.8 Å².